The van der Waals surface area contributed by atoms with Gasteiger partial charge in [-0.25, -0.2) is 9.69 Å². The number of barbiturate groups is 1. The van der Waals surface area contributed by atoms with Crippen molar-refractivity contribution in [1.82, 2.24) is 9.88 Å². The molecule has 0 radical (unpaired) electrons. The minimum Gasteiger partial charge on any atom is -0.344 e. The molecule has 1 N–H and O–H groups in total. The Labute approximate surface area is 187 Å². The summed E-state index contributed by atoms with van der Waals surface area (Å²) in [4.78, 5) is 39.2. The fraction of sp³-hybridized carbons (Fsp3) is 0.192. The van der Waals surface area contributed by atoms with Crippen LogP contribution in [0.4, 0.5) is 10.5 Å². The number of carbonyl (C=O) groups is 3. The summed E-state index contributed by atoms with van der Waals surface area (Å²) in [5.41, 5.74) is 3.28. The maximum absolute atomic E-state index is 13.2. The first-order valence-electron chi connectivity index (χ1n) is 10.7. The van der Waals surface area contributed by atoms with Crippen molar-refractivity contribution < 1.29 is 14.4 Å². The zero-order valence-corrected chi connectivity index (χ0v) is 18.1. The van der Waals surface area contributed by atoms with Crippen molar-refractivity contribution in [3.05, 3.63) is 95.3 Å². The summed E-state index contributed by atoms with van der Waals surface area (Å²) in [7, 11) is 0. The van der Waals surface area contributed by atoms with Gasteiger partial charge >= 0.3 is 6.03 Å². The van der Waals surface area contributed by atoms with Gasteiger partial charge < -0.3 is 4.57 Å². The molecular formula is C26H25N3O3. The summed E-state index contributed by atoms with van der Waals surface area (Å²) in [6.45, 7) is 4.83. The number of urea groups is 1. The molecule has 1 aliphatic heterocycles. The van der Waals surface area contributed by atoms with Crippen molar-refractivity contribution in [3.8, 4) is 0 Å². The van der Waals surface area contributed by atoms with E-state index in [4.69, 9.17) is 0 Å². The standard InChI is InChI=1S/C26H25N3O3/c1-3-18(2)20-11-13-21(14-12-20)29-25(31)23(24(30)27-26(29)32)16-22-10-7-15-28(22)17-19-8-5-4-6-9-19/h4-16,18H,3,17H2,1-2H3,(H,27,30,32). The quantitative estimate of drug-likeness (QED) is 0.457. The molecule has 32 heavy (non-hydrogen) atoms. The van der Waals surface area contributed by atoms with Crippen molar-refractivity contribution in [2.45, 2.75) is 32.7 Å². The Morgan fingerprint density at radius 1 is 0.938 bits per heavy atom. The summed E-state index contributed by atoms with van der Waals surface area (Å²) in [5.74, 6) is -0.952. The SMILES string of the molecule is CCC(C)c1ccc(N2C(=O)NC(=O)C(=Cc3cccn3Cc3ccccc3)C2=O)cc1. The number of hydrogen-bond donors (Lipinski definition) is 1. The Hall–Kier alpha value is -3.93. The zero-order valence-electron chi connectivity index (χ0n) is 18.1. The molecule has 1 saturated heterocycles. The van der Waals surface area contributed by atoms with E-state index in [2.05, 4.69) is 19.2 Å². The predicted molar refractivity (Wildman–Crippen MR) is 124 cm³/mol. The number of benzene rings is 2. The number of nitrogens with zero attached hydrogens (tertiary/aromatic N) is 2. The molecular weight excluding hydrogens is 402 g/mol. The van der Waals surface area contributed by atoms with Gasteiger partial charge in [-0.1, -0.05) is 56.3 Å². The molecule has 1 unspecified atom stereocenters. The molecule has 6 nitrogen and oxygen atoms in total. The molecule has 2 heterocycles. The second kappa shape index (κ2) is 9.06. The first-order valence-corrected chi connectivity index (χ1v) is 10.7. The maximum Gasteiger partial charge on any atom is 0.335 e. The number of nitrogens with one attached hydrogen (secondary N) is 1. The molecule has 0 aliphatic carbocycles. The summed E-state index contributed by atoms with van der Waals surface area (Å²) in [6.07, 6.45) is 4.42. The van der Waals surface area contributed by atoms with Gasteiger partial charge in [-0.15, -0.1) is 0 Å². The average molecular weight is 428 g/mol. The molecule has 1 aliphatic rings. The van der Waals surface area contributed by atoms with Crippen LogP contribution in [0.2, 0.25) is 0 Å². The summed E-state index contributed by atoms with van der Waals surface area (Å²) in [6, 6.07) is 20.2. The Morgan fingerprint density at radius 3 is 2.34 bits per heavy atom. The third kappa shape index (κ3) is 4.25. The van der Waals surface area contributed by atoms with Crippen molar-refractivity contribution >= 4 is 29.6 Å². The normalized spacial score (nSPS) is 16.4. The second-order valence-corrected chi connectivity index (χ2v) is 7.91. The van der Waals surface area contributed by atoms with Crippen molar-refractivity contribution in [2.75, 3.05) is 4.90 Å². The van der Waals surface area contributed by atoms with Crippen molar-refractivity contribution in [1.29, 1.82) is 0 Å². The van der Waals surface area contributed by atoms with Crippen LogP contribution < -0.4 is 10.2 Å². The maximum atomic E-state index is 13.2. The van der Waals surface area contributed by atoms with Gasteiger partial charge in [-0.05, 0) is 53.8 Å². The molecule has 162 valence electrons. The van der Waals surface area contributed by atoms with Crippen molar-refractivity contribution in [3.63, 3.8) is 0 Å². The number of aromatic nitrogens is 1. The predicted octanol–water partition coefficient (Wildman–Crippen LogP) is 4.72. The lowest BCUT2D eigenvalue weighted by atomic mass is 9.98. The van der Waals surface area contributed by atoms with Gasteiger partial charge in [-0.3, -0.25) is 14.9 Å². The van der Waals surface area contributed by atoms with Gasteiger partial charge in [0.1, 0.15) is 5.57 Å². The van der Waals surface area contributed by atoms with Crippen LogP contribution in [0.1, 0.15) is 43.0 Å². The Kier molecular flexibility index (Phi) is 6.03. The van der Waals surface area contributed by atoms with Gasteiger partial charge in [0.15, 0.2) is 0 Å². The van der Waals surface area contributed by atoms with Crippen LogP contribution in [0.3, 0.4) is 0 Å². The van der Waals surface area contributed by atoms with Gasteiger partial charge in [-0.2, -0.15) is 0 Å². The molecule has 3 aromatic rings. The van der Waals surface area contributed by atoms with Crippen LogP contribution in [0.5, 0.6) is 0 Å². The Balaban J connectivity index is 1.63. The lowest BCUT2D eigenvalue weighted by molar-refractivity contribution is -0.122. The van der Waals surface area contributed by atoms with E-state index >= 15 is 0 Å². The smallest absolute Gasteiger partial charge is 0.335 e. The molecule has 4 rings (SSSR count). The van der Waals surface area contributed by atoms with Crippen LogP contribution in [-0.4, -0.2) is 22.4 Å². The number of rotatable bonds is 6. The van der Waals surface area contributed by atoms with E-state index in [-0.39, 0.29) is 5.57 Å². The molecule has 2 aromatic carbocycles. The number of amides is 4. The Morgan fingerprint density at radius 2 is 1.66 bits per heavy atom. The van der Waals surface area contributed by atoms with E-state index in [9.17, 15) is 14.4 Å². The van der Waals surface area contributed by atoms with Crippen molar-refractivity contribution in [2.24, 2.45) is 0 Å². The van der Waals surface area contributed by atoms with Crippen LogP contribution in [0.25, 0.3) is 6.08 Å². The molecule has 6 heteroatoms. The fourth-order valence-corrected chi connectivity index (χ4v) is 3.71. The Bertz CT molecular complexity index is 1180. The van der Waals surface area contributed by atoms with Crippen LogP contribution in [-0.2, 0) is 16.1 Å². The monoisotopic (exact) mass is 427 g/mol. The van der Waals surface area contributed by atoms with Gasteiger partial charge in [0.05, 0.1) is 5.69 Å². The van der Waals surface area contributed by atoms with E-state index in [0.29, 0.717) is 23.8 Å². The third-order valence-corrected chi connectivity index (χ3v) is 5.79. The number of imide groups is 2. The number of carbonyl (C=O) groups excluding carboxylic acids is 3. The highest BCUT2D eigenvalue weighted by Gasteiger charge is 2.37. The van der Waals surface area contributed by atoms with E-state index < -0.39 is 17.8 Å². The number of anilines is 1. The van der Waals surface area contributed by atoms with E-state index in [0.717, 1.165) is 22.4 Å². The minimum absolute atomic E-state index is 0.0800. The molecule has 0 saturated carbocycles. The van der Waals surface area contributed by atoms with E-state index in [1.807, 2.05) is 65.4 Å². The molecule has 0 spiro atoms. The van der Waals surface area contributed by atoms with Crippen LogP contribution >= 0.6 is 0 Å². The minimum atomic E-state index is -0.742. The van der Waals surface area contributed by atoms with Gasteiger partial charge in [0.25, 0.3) is 11.8 Å². The highest BCUT2D eigenvalue weighted by molar-refractivity contribution is 6.39. The van der Waals surface area contributed by atoms with Gasteiger partial charge in [0, 0.05) is 18.4 Å². The first-order chi connectivity index (χ1) is 15.5. The van der Waals surface area contributed by atoms with Crippen LogP contribution in [0.15, 0.2) is 78.5 Å². The molecule has 1 fully saturated rings. The zero-order chi connectivity index (χ0) is 22.7. The highest BCUT2D eigenvalue weighted by atomic mass is 16.2. The number of hydrogen-bond acceptors (Lipinski definition) is 3. The third-order valence-electron chi connectivity index (χ3n) is 5.79. The lowest BCUT2D eigenvalue weighted by Gasteiger charge is -2.26. The summed E-state index contributed by atoms with van der Waals surface area (Å²) >= 11 is 0. The van der Waals surface area contributed by atoms with Gasteiger partial charge in [0.2, 0.25) is 0 Å². The topological polar surface area (TPSA) is 71.4 Å². The lowest BCUT2D eigenvalue weighted by Crippen LogP contribution is -2.54. The summed E-state index contributed by atoms with van der Waals surface area (Å²) < 4.78 is 1.95. The van der Waals surface area contributed by atoms with E-state index in [1.54, 1.807) is 12.1 Å². The summed E-state index contributed by atoms with van der Waals surface area (Å²) in [5, 5.41) is 2.29. The largest absolute Gasteiger partial charge is 0.344 e. The molecule has 0 bridgehead atoms. The fourth-order valence-electron chi connectivity index (χ4n) is 3.71. The molecule has 1 atom stereocenters. The molecule has 4 amide bonds. The van der Waals surface area contributed by atoms with E-state index in [1.165, 1.54) is 6.08 Å². The highest BCUT2D eigenvalue weighted by Crippen LogP contribution is 2.25. The second-order valence-electron chi connectivity index (χ2n) is 7.91. The first kappa shape index (κ1) is 21.3. The van der Waals surface area contributed by atoms with Crippen LogP contribution in [0, 0.1) is 0 Å². The average Bonchev–Trinajstić information content (AvgIpc) is 3.23. The molecule has 1 aromatic heterocycles.